The molecule has 4 aromatic rings. The Balaban J connectivity index is 1.64. The van der Waals surface area contributed by atoms with Gasteiger partial charge in [-0.1, -0.05) is 62.2 Å². The highest BCUT2D eigenvalue weighted by atomic mass is 35.5. The van der Waals surface area contributed by atoms with E-state index in [-0.39, 0.29) is 41.0 Å². The molecule has 248 valence electrons. The molecular formula is C33H34ClF3N6O3S. The molecule has 0 spiro atoms. The van der Waals surface area contributed by atoms with Gasteiger partial charge in [0.05, 0.1) is 28.9 Å². The Morgan fingerprint density at radius 1 is 1.13 bits per heavy atom. The van der Waals surface area contributed by atoms with Crippen LogP contribution in [0.1, 0.15) is 42.7 Å². The highest BCUT2D eigenvalue weighted by Crippen LogP contribution is 2.34. The van der Waals surface area contributed by atoms with E-state index in [1.807, 2.05) is 13.8 Å². The fourth-order valence-corrected chi connectivity index (χ4v) is 5.74. The second-order valence-electron chi connectivity index (χ2n) is 11.2. The van der Waals surface area contributed by atoms with Gasteiger partial charge in [0.15, 0.2) is 5.11 Å². The van der Waals surface area contributed by atoms with Gasteiger partial charge in [0.2, 0.25) is 0 Å². The van der Waals surface area contributed by atoms with Gasteiger partial charge in [-0.3, -0.25) is 14.9 Å². The second-order valence-corrected chi connectivity index (χ2v) is 12.0. The molecule has 0 bridgehead atoms. The largest absolute Gasteiger partial charge is 0.416 e. The standard InChI is InChI=1S/C33H34ClF3N6O3S/c1-3-21(2)30(29(44)16-27-17-39-20-41(27)18-22-8-14-26(15-9-22)43(45)46)31(38)42(32(47)40-25-12-10-24(34)11-13-25)19-23-6-4-5-7-28(23)33(35,36)37/h4-15,17,20-21,30-31H,3,16,18-19,38H2,1-2H3,(H,40,47)/t21-,30+,31?/m0/s1. The molecule has 3 aromatic carbocycles. The van der Waals surface area contributed by atoms with Crippen molar-refractivity contribution in [1.82, 2.24) is 14.5 Å². The number of hydrogen-bond acceptors (Lipinski definition) is 6. The smallest absolute Gasteiger partial charge is 0.333 e. The number of imidazole rings is 1. The van der Waals surface area contributed by atoms with Gasteiger partial charge in [0.1, 0.15) is 5.78 Å². The van der Waals surface area contributed by atoms with Gasteiger partial charge >= 0.3 is 6.18 Å². The van der Waals surface area contributed by atoms with Crippen molar-refractivity contribution in [1.29, 1.82) is 0 Å². The van der Waals surface area contributed by atoms with Gasteiger partial charge in [-0.15, -0.1) is 0 Å². The van der Waals surface area contributed by atoms with E-state index in [9.17, 15) is 28.1 Å². The van der Waals surface area contributed by atoms with Crippen molar-refractivity contribution >= 4 is 46.1 Å². The van der Waals surface area contributed by atoms with Crippen LogP contribution in [0.25, 0.3) is 0 Å². The summed E-state index contributed by atoms with van der Waals surface area (Å²) >= 11 is 11.7. The van der Waals surface area contributed by atoms with Gasteiger partial charge in [-0.2, -0.15) is 13.2 Å². The topological polar surface area (TPSA) is 119 Å². The number of anilines is 1. The van der Waals surface area contributed by atoms with Crippen LogP contribution >= 0.6 is 23.8 Å². The Kier molecular flexibility index (Phi) is 11.7. The van der Waals surface area contributed by atoms with Crippen molar-refractivity contribution in [2.45, 2.75) is 52.1 Å². The lowest BCUT2D eigenvalue weighted by molar-refractivity contribution is -0.384. The van der Waals surface area contributed by atoms with Crippen molar-refractivity contribution in [3.05, 3.63) is 123 Å². The zero-order valence-electron chi connectivity index (χ0n) is 25.7. The Hall–Kier alpha value is -4.33. The van der Waals surface area contributed by atoms with E-state index in [0.29, 0.717) is 29.4 Å². The van der Waals surface area contributed by atoms with Crippen molar-refractivity contribution in [2.75, 3.05) is 5.32 Å². The number of hydrogen-bond donors (Lipinski definition) is 2. The molecule has 4 rings (SSSR count). The maximum Gasteiger partial charge on any atom is 0.416 e. The Bertz CT molecular complexity index is 1700. The van der Waals surface area contributed by atoms with E-state index in [2.05, 4.69) is 10.3 Å². The van der Waals surface area contributed by atoms with Gasteiger partial charge in [0.25, 0.3) is 5.69 Å². The van der Waals surface area contributed by atoms with Crippen molar-refractivity contribution in [3.63, 3.8) is 0 Å². The summed E-state index contributed by atoms with van der Waals surface area (Å²) < 4.78 is 43.8. The second kappa shape index (κ2) is 15.5. The summed E-state index contributed by atoms with van der Waals surface area (Å²) in [7, 11) is 0. The summed E-state index contributed by atoms with van der Waals surface area (Å²) in [4.78, 5) is 30.3. The van der Waals surface area contributed by atoms with E-state index in [1.54, 1.807) is 53.5 Å². The van der Waals surface area contributed by atoms with Crippen LogP contribution in [0.5, 0.6) is 0 Å². The number of nitrogens with two attached hydrogens (primary N) is 1. The Morgan fingerprint density at radius 3 is 2.40 bits per heavy atom. The predicted molar refractivity (Wildman–Crippen MR) is 179 cm³/mol. The molecule has 47 heavy (non-hydrogen) atoms. The number of benzene rings is 3. The maximum atomic E-state index is 14.1. The molecule has 14 heteroatoms. The third-order valence-electron chi connectivity index (χ3n) is 8.03. The molecule has 9 nitrogen and oxygen atoms in total. The lowest BCUT2D eigenvalue weighted by atomic mass is 9.83. The number of nitro benzene ring substituents is 1. The van der Waals surface area contributed by atoms with E-state index >= 15 is 0 Å². The molecule has 1 aromatic heterocycles. The fraction of sp³-hybridized carbons (Fsp3) is 0.303. The number of non-ortho nitro benzene ring substituents is 1. The van der Waals surface area contributed by atoms with E-state index < -0.39 is 28.7 Å². The number of carbonyl (C=O) groups excluding carboxylic acids is 1. The molecule has 0 saturated heterocycles. The molecule has 0 radical (unpaired) electrons. The average Bonchev–Trinajstić information content (AvgIpc) is 3.46. The number of halogens is 4. The fourth-order valence-electron chi connectivity index (χ4n) is 5.31. The first-order valence-corrected chi connectivity index (χ1v) is 15.6. The molecule has 0 saturated carbocycles. The summed E-state index contributed by atoms with van der Waals surface area (Å²) in [5.74, 6) is -1.33. The molecule has 0 aliphatic heterocycles. The van der Waals surface area contributed by atoms with Crippen LogP contribution in [0.4, 0.5) is 24.5 Å². The first-order chi connectivity index (χ1) is 22.3. The highest BCUT2D eigenvalue weighted by Gasteiger charge is 2.38. The number of carbonyl (C=O) groups is 1. The summed E-state index contributed by atoms with van der Waals surface area (Å²) in [6.45, 7) is 3.78. The first kappa shape index (κ1) is 35.5. The van der Waals surface area contributed by atoms with Gasteiger partial charge in [-0.05, 0) is 59.6 Å². The average molecular weight is 687 g/mol. The van der Waals surface area contributed by atoms with Crippen molar-refractivity contribution in [3.8, 4) is 0 Å². The SMILES string of the molecule is CC[C@H](C)[C@H](C(=O)Cc1cncn1Cc1ccc([N+](=O)[O-])cc1)C(N)N(Cc1ccccc1C(F)(F)F)C(=S)Nc1ccc(Cl)cc1. The minimum absolute atomic E-state index is 0.0361. The van der Waals surface area contributed by atoms with Gasteiger partial charge < -0.3 is 20.5 Å². The molecule has 0 aliphatic rings. The van der Waals surface area contributed by atoms with Crippen LogP contribution in [-0.4, -0.2) is 36.4 Å². The Labute approximate surface area is 280 Å². The van der Waals surface area contributed by atoms with Gasteiger partial charge in [0, 0.05) is 54.2 Å². The van der Waals surface area contributed by atoms with Crippen LogP contribution in [0.3, 0.4) is 0 Å². The third-order valence-corrected chi connectivity index (χ3v) is 8.62. The van der Waals surface area contributed by atoms with Crippen LogP contribution in [0, 0.1) is 22.0 Å². The van der Waals surface area contributed by atoms with Gasteiger partial charge in [-0.25, -0.2) is 4.98 Å². The maximum absolute atomic E-state index is 14.1. The van der Waals surface area contributed by atoms with Crippen LogP contribution < -0.4 is 11.1 Å². The predicted octanol–water partition coefficient (Wildman–Crippen LogP) is 7.47. The van der Waals surface area contributed by atoms with E-state index in [0.717, 1.165) is 11.6 Å². The number of thiocarbonyl (C=S) groups is 1. The minimum atomic E-state index is -4.62. The van der Waals surface area contributed by atoms with Crippen LogP contribution in [-0.2, 0) is 30.5 Å². The highest BCUT2D eigenvalue weighted by molar-refractivity contribution is 7.80. The molecule has 3 atom stereocenters. The molecule has 0 fully saturated rings. The number of nitro groups is 1. The monoisotopic (exact) mass is 686 g/mol. The molecule has 0 amide bonds. The van der Waals surface area contributed by atoms with Crippen molar-refractivity contribution < 1.29 is 22.9 Å². The molecule has 1 heterocycles. The molecule has 0 aliphatic carbocycles. The lowest BCUT2D eigenvalue weighted by Gasteiger charge is -2.38. The number of nitrogens with one attached hydrogen (secondary N) is 1. The van der Waals surface area contributed by atoms with E-state index in [4.69, 9.17) is 29.6 Å². The number of Topliss-reactive ketones (excluding diaryl/α,β-unsaturated/α-hetero) is 1. The molecule has 3 N–H and O–H groups in total. The number of rotatable bonds is 13. The minimum Gasteiger partial charge on any atom is -0.333 e. The van der Waals surface area contributed by atoms with E-state index in [1.165, 1.54) is 35.2 Å². The summed E-state index contributed by atoms with van der Waals surface area (Å²) in [5, 5.41) is 14.6. The summed E-state index contributed by atoms with van der Waals surface area (Å²) in [5.41, 5.74) is 7.84. The molecule has 1 unspecified atom stereocenters. The van der Waals surface area contributed by atoms with Crippen LogP contribution in [0.2, 0.25) is 5.02 Å². The first-order valence-electron chi connectivity index (χ1n) is 14.8. The molecular weight excluding hydrogens is 653 g/mol. The third kappa shape index (κ3) is 9.15. The zero-order chi connectivity index (χ0) is 34.3. The zero-order valence-corrected chi connectivity index (χ0v) is 27.2. The number of ketones is 1. The summed E-state index contributed by atoms with van der Waals surface area (Å²) in [6.07, 6.45) is -2.08. The number of nitrogens with zero attached hydrogens (tertiary/aromatic N) is 4. The van der Waals surface area contributed by atoms with Crippen molar-refractivity contribution in [2.24, 2.45) is 17.6 Å². The lowest BCUT2D eigenvalue weighted by Crippen LogP contribution is -2.55. The normalized spacial score (nSPS) is 13.4. The Morgan fingerprint density at radius 2 is 1.79 bits per heavy atom. The quantitative estimate of drug-likeness (QED) is 0.0644. The number of alkyl halides is 3. The van der Waals surface area contributed by atoms with Crippen LogP contribution in [0.15, 0.2) is 85.3 Å². The number of aromatic nitrogens is 2. The summed E-state index contributed by atoms with van der Waals surface area (Å²) in [6, 6.07) is 17.9.